The summed E-state index contributed by atoms with van der Waals surface area (Å²) in [6, 6.07) is 15.4. The molecule has 2 bridgehead atoms. The van der Waals surface area contributed by atoms with Gasteiger partial charge >= 0.3 is 0 Å². The smallest absolute Gasteiger partial charge is 0.207 e. The van der Waals surface area contributed by atoms with E-state index >= 15 is 0 Å². The van der Waals surface area contributed by atoms with E-state index < -0.39 is 10.0 Å². The molecule has 1 aliphatic carbocycles. The van der Waals surface area contributed by atoms with Gasteiger partial charge in [0.15, 0.2) is 0 Å². The van der Waals surface area contributed by atoms with Crippen LogP contribution in [0.5, 0.6) is 0 Å². The Morgan fingerprint density at radius 1 is 1.05 bits per heavy atom. The molecule has 22 heavy (non-hydrogen) atoms. The Morgan fingerprint density at radius 3 is 2.55 bits per heavy atom. The van der Waals surface area contributed by atoms with Crippen molar-refractivity contribution in [3.8, 4) is 0 Å². The Kier molecular flexibility index (Phi) is 3.13. The van der Waals surface area contributed by atoms with Crippen LogP contribution in [0, 0.1) is 12.8 Å². The minimum Gasteiger partial charge on any atom is -0.207 e. The summed E-state index contributed by atoms with van der Waals surface area (Å²) in [5.74, 6) is 0.445. The summed E-state index contributed by atoms with van der Waals surface area (Å²) in [6.07, 6.45) is 1.94. The van der Waals surface area contributed by atoms with Gasteiger partial charge in [-0.3, -0.25) is 0 Å². The lowest BCUT2D eigenvalue weighted by atomic mass is 9.84. The van der Waals surface area contributed by atoms with E-state index in [4.69, 9.17) is 0 Å². The van der Waals surface area contributed by atoms with E-state index in [0.717, 1.165) is 18.4 Å². The minimum atomic E-state index is -3.42. The lowest BCUT2D eigenvalue weighted by Crippen LogP contribution is -2.30. The van der Waals surface area contributed by atoms with Crippen LogP contribution in [0.2, 0.25) is 0 Å². The standard InChI is InChI=1S/C18H19NO2S/c1-13-6-8-16(9-7-13)22(20,21)19-12-14-10-15-4-2-3-5-17(15)18(19)11-14/h2-9,14,18H,10-12H2,1H3. The predicted molar refractivity (Wildman–Crippen MR) is 86.1 cm³/mol. The van der Waals surface area contributed by atoms with Crippen LogP contribution in [0.4, 0.5) is 0 Å². The zero-order valence-corrected chi connectivity index (χ0v) is 13.4. The molecule has 0 aromatic heterocycles. The molecule has 3 nitrogen and oxygen atoms in total. The van der Waals surface area contributed by atoms with Crippen LogP contribution >= 0.6 is 0 Å². The fourth-order valence-corrected chi connectivity index (χ4v) is 5.48. The number of hydrogen-bond acceptors (Lipinski definition) is 2. The highest BCUT2D eigenvalue weighted by atomic mass is 32.2. The normalized spacial score (nSPS) is 24.2. The Balaban J connectivity index is 1.76. The molecule has 0 saturated carbocycles. The molecular weight excluding hydrogens is 294 g/mol. The van der Waals surface area contributed by atoms with E-state index in [2.05, 4.69) is 12.1 Å². The first kappa shape index (κ1) is 14.0. The van der Waals surface area contributed by atoms with Gasteiger partial charge in [-0.25, -0.2) is 8.42 Å². The van der Waals surface area contributed by atoms with Crippen molar-refractivity contribution >= 4 is 10.0 Å². The molecule has 2 atom stereocenters. The van der Waals surface area contributed by atoms with E-state index in [1.165, 1.54) is 11.1 Å². The third-order valence-corrected chi connectivity index (χ3v) is 6.78. The number of sulfonamides is 1. The van der Waals surface area contributed by atoms with E-state index in [-0.39, 0.29) is 6.04 Å². The molecule has 114 valence electrons. The van der Waals surface area contributed by atoms with Gasteiger partial charge in [-0.15, -0.1) is 0 Å². The molecule has 1 fully saturated rings. The van der Waals surface area contributed by atoms with Crippen LogP contribution in [0.25, 0.3) is 0 Å². The first-order valence-electron chi connectivity index (χ1n) is 7.72. The predicted octanol–water partition coefficient (Wildman–Crippen LogP) is 3.30. The average molecular weight is 313 g/mol. The monoisotopic (exact) mass is 313 g/mol. The van der Waals surface area contributed by atoms with Gasteiger partial charge in [-0.1, -0.05) is 42.0 Å². The maximum Gasteiger partial charge on any atom is 0.243 e. The first-order valence-corrected chi connectivity index (χ1v) is 9.16. The second-order valence-electron chi connectivity index (χ2n) is 6.41. The van der Waals surface area contributed by atoms with E-state index in [1.54, 1.807) is 16.4 Å². The molecule has 0 spiro atoms. The SMILES string of the molecule is Cc1ccc(S(=O)(=O)N2CC3Cc4ccccc4C2C3)cc1. The molecule has 0 N–H and O–H groups in total. The molecule has 0 radical (unpaired) electrons. The van der Waals surface area contributed by atoms with Gasteiger partial charge in [-0.2, -0.15) is 4.31 Å². The summed E-state index contributed by atoms with van der Waals surface area (Å²) in [5, 5.41) is 0. The molecule has 2 aromatic carbocycles. The van der Waals surface area contributed by atoms with Crippen molar-refractivity contribution in [2.45, 2.75) is 30.7 Å². The fraction of sp³-hybridized carbons (Fsp3) is 0.333. The van der Waals surface area contributed by atoms with Gasteiger partial charge in [0.25, 0.3) is 0 Å². The maximum atomic E-state index is 13.0. The Bertz CT molecular complexity index is 811. The second kappa shape index (κ2) is 4.93. The van der Waals surface area contributed by atoms with Crippen molar-refractivity contribution in [2.75, 3.05) is 6.54 Å². The summed E-state index contributed by atoms with van der Waals surface area (Å²) in [6.45, 7) is 2.60. The van der Waals surface area contributed by atoms with Gasteiger partial charge in [0.1, 0.15) is 0 Å². The first-order chi connectivity index (χ1) is 10.6. The van der Waals surface area contributed by atoms with Crippen molar-refractivity contribution in [1.82, 2.24) is 4.31 Å². The number of aryl methyl sites for hydroxylation is 1. The topological polar surface area (TPSA) is 37.4 Å². The van der Waals surface area contributed by atoms with E-state index in [9.17, 15) is 8.42 Å². The molecule has 4 rings (SSSR count). The molecule has 2 aromatic rings. The summed E-state index contributed by atoms with van der Waals surface area (Å²) in [5.41, 5.74) is 3.57. The van der Waals surface area contributed by atoms with E-state index in [1.807, 2.05) is 31.2 Å². The van der Waals surface area contributed by atoms with Crippen molar-refractivity contribution in [3.63, 3.8) is 0 Å². The lowest BCUT2D eigenvalue weighted by Gasteiger charge is -2.26. The zero-order valence-electron chi connectivity index (χ0n) is 12.6. The largest absolute Gasteiger partial charge is 0.243 e. The highest BCUT2D eigenvalue weighted by Crippen LogP contribution is 2.45. The molecule has 0 amide bonds. The third kappa shape index (κ3) is 2.09. The fourth-order valence-electron chi connectivity index (χ4n) is 3.79. The van der Waals surface area contributed by atoms with Gasteiger partial charge < -0.3 is 0 Å². The molecule has 2 unspecified atom stereocenters. The van der Waals surface area contributed by atoms with Crippen LogP contribution in [-0.2, 0) is 16.4 Å². The van der Waals surface area contributed by atoms with Crippen molar-refractivity contribution in [1.29, 1.82) is 0 Å². The average Bonchev–Trinajstić information content (AvgIpc) is 2.87. The molecule has 4 heteroatoms. The molecule has 1 saturated heterocycles. The maximum absolute atomic E-state index is 13.0. The summed E-state index contributed by atoms with van der Waals surface area (Å²) >= 11 is 0. The summed E-state index contributed by atoms with van der Waals surface area (Å²) < 4.78 is 27.8. The Hall–Kier alpha value is -1.65. The quantitative estimate of drug-likeness (QED) is 0.853. The Morgan fingerprint density at radius 2 is 1.77 bits per heavy atom. The molecule has 2 aliphatic rings. The summed E-state index contributed by atoms with van der Waals surface area (Å²) in [4.78, 5) is 0.406. The van der Waals surface area contributed by atoms with Crippen LogP contribution in [-0.4, -0.2) is 19.3 Å². The van der Waals surface area contributed by atoms with Crippen LogP contribution < -0.4 is 0 Å². The van der Waals surface area contributed by atoms with Gasteiger partial charge in [0.05, 0.1) is 10.9 Å². The highest BCUT2D eigenvalue weighted by Gasteiger charge is 2.44. The zero-order chi connectivity index (χ0) is 15.3. The van der Waals surface area contributed by atoms with Gasteiger partial charge in [0, 0.05) is 6.54 Å². The minimum absolute atomic E-state index is 0.00116. The number of rotatable bonds is 2. The third-order valence-electron chi connectivity index (χ3n) is 4.89. The molecule has 1 aliphatic heterocycles. The number of benzene rings is 2. The Labute approximate surface area is 131 Å². The molecular formula is C18H19NO2S. The molecule has 1 heterocycles. The van der Waals surface area contributed by atoms with E-state index in [0.29, 0.717) is 17.4 Å². The van der Waals surface area contributed by atoms with Gasteiger partial charge in [-0.05, 0) is 48.9 Å². The highest BCUT2D eigenvalue weighted by molar-refractivity contribution is 7.89. The second-order valence-corrected chi connectivity index (χ2v) is 8.30. The lowest BCUT2D eigenvalue weighted by molar-refractivity contribution is 0.397. The number of nitrogens with zero attached hydrogens (tertiary/aromatic N) is 1. The van der Waals surface area contributed by atoms with Crippen LogP contribution in [0.15, 0.2) is 53.4 Å². The number of hydrogen-bond donors (Lipinski definition) is 0. The van der Waals surface area contributed by atoms with Crippen molar-refractivity contribution < 1.29 is 8.42 Å². The van der Waals surface area contributed by atoms with Crippen LogP contribution in [0.1, 0.15) is 29.2 Å². The van der Waals surface area contributed by atoms with Crippen molar-refractivity contribution in [3.05, 3.63) is 65.2 Å². The van der Waals surface area contributed by atoms with Gasteiger partial charge in [0.2, 0.25) is 10.0 Å². The number of fused-ring (bicyclic) bond motifs is 4. The van der Waals surface area contributed by atoms with Crippen molar-refractivity contribution in [2.24, 2.45) is 5.92 Å². The summed E-state index contributed by atoms with van der Waals surface area (Å²) in [7, 11) is -3.42. The van der Waals surface area contributed by atoms with Crippen LogP contribution in [0.3, 0.4) is 0 Å².